The first-order valence-electron chi connectivity index (χ1n) is 6.17. The highest BCUT2D eigenvalue weighted by Crippen LogP contribution is 2.25. The van der Waals surface area contributed by atoms with Crippen LogP contribution in [0.1, 0.15) is 22.8 Å². The van der Waals surface area contributed by atoms with Gasteiger partial charge in [0.25, 0.3) is 5.69 Å². The van der Waals surface area contributed by atoms with Crippen LogP contribution in [-0.4, -0.2) is 15.8 Å². The van der Waals surface area contributed by atoms with Crippen LogP contribution in [0.15, 0.2) is 42.5 Å². The van der Waals surface area contributed by atoms with Crippen molar-refractivity contribution in [2.24, 2.45) is 0 Å². The molecule has 0 aromatic heterocycles. The molecule has 0 unspecified atom stereocenters. The quantitative estimate of drug-likeness (QED) is 0.518. The van der Waals surface area contributed by atoms with Crippen molar-refractivity contribution in [2.45, 2.75) is 13.5 Å². The second-order valence-corrected chi connectivity index (χ2v) is 4.45. The van der Waals surface area contributed by atoms with E-state index in [1.54, 1.807) is 18.2 Å². The van der Waals surface area contributed by atoms with Gasteiger partial charge < -0.3 is 9.84 Å². The number of phenols is 1. The van der Waals surface area contributed by atoms with E-state index in [0.29, 0.717) is 11.3 Å². The van der Waals surface area contributed by atoms with Crippen LogP contribution in [0.5, 0.6) is 11.5 Å². The van der Waals surface area contributed by atoms with E-state index in [1.165, 1.54) is 31.2 Å². The summed E-state index contributed by atoms with van der Waals surface area (Å²) >= 11 is 0. The van der Waals surface area contributed by atoms with Gasteiger partial charge in [-0.1, -0.05) is 12.1 Å². The molecule has 0 amide bonds. The van der Waals surface area contributed by atoms with E-state index in [9.17, 15) is 20.0 Å². The number of aromatic hydroxyl groups is 1. The van der Waals surface area contributed by atoms with E-state index >= 15 is 0 Å². The molecule has 0 heterocycles. The van der Waals surface area contributed by atoms with Crippen molar-refractivity contribution >= 4 is 11.5 Å². The summed E-state index contributed by atoms with van der Waals surface area (Å²) in [6.45, 7) is 1.49. The number of rotatable bonds is 5. The molecule has 6 nitrogen and oxygen atoms in total. The maximum absolute atomic E-state index is 11.2. The lowest BCUT2D eigenvalue weighted by atomic mass is 10.1. The number of hydrogen-bond donors (Lipinski definition) is 1. The number of nitro benzene ring substituents is 1. The zero-order chi connectivity index (χ0) is 15.4. The monoisotopic (exact) mass is 287 g/mol. The summed E-state index contributed by atoms with van der Waals surface area (Å²) in [6, 6.07) is 10.5. The fraction of sp³-hybridized carbons (Fsp3) is 0.133. The van der Waals surface area contributed by atoms with Crippen molar-refractivity contribution in [3.8, 4) is 11.5 Å². The van der Waals surface area contributed by atoms with Gasteiger partial charge in [0.05, 0.1) is 10.5 Å². The van der Waals surface area contributed by atoms with E-state index in [2.05, 4.69) is 0 Å². The smallest absolute Gasteiger partial charge is 0.269 e. The number of Topliss-reactive ketones (excluding diaryl/α,β-unsaturated/α-hetero) is 1. The molecule has 0 radical (unpaired) electrons. The van der Waals surface area contributed by atoms with Gasteiger partial charge in [-0.05, 0) is 24.6 Å². The molecule has 21 heavy (non-hydrogen) atoms. The Labute approximate surface area is 120 Å². The zero-order valence-electron chi connectivity index (χ0n) is 11.3. The predicted molar refractivity (Wildman–Crippen MR) is 75.5 cm³/mol. The fourth-order valence-corrected chi connectivity index (χ4v) is 1.83. The number of ether oxygens (including phenoxy) is 1. The van der Waals surface area contributed by atoms with Gasteiger partial charge in [-0.15, -0.1) is 0 Å². The summed E-state index contributed by atoms with van der Waals surface area (Å²) in [5.41, 5.74) is 0.850. The van der Waals surface area contributed by atoms with Gasteiger partial charge in [-0.25, -0.2) is 0 Å². The Morgan fingerprint density at radius 1 is 1.29 bits per heavy atom. The first-order valence-corrected chi connectivity index (χ1v) is 6.17. The van der Waals surface area contributed by atoms with Gasteiger partial charge in [-0.3, -0.25) is 14.9 Å². The number of phenolic OH excluding ortho intramolecular Hbond substituents is 1. The molecule has 0 saturated carbocycles. The van der Waals surface area contributed by atoms with Crippen LogP contribution in [0.25, 0.3) is 0 Å². The molecule has 0 fully saturated rings. The normalized spacial score (nSPS) is 10.1. The van der Waals surface area contributed by atoms with Gasteiger partial charge in [0, 0.05) is 18.2 Å². The molecule has 6 heteroatoms. The van der Waals surface area contributed by atoms with Crippen LogP contribution in [-0.2, 0) is 6.61 Å². The highest BCUT2D eigenvalue weighted by Gasteiger charge is 2.09. The van der Waals surface area contributed by atoms with Crippen LogP contribution in [0, 0.1) is 10.1 Å². The minimum Gasteiger partial charge on any atom is -0.507 e. The largest absolute Gasteiger partial charge is 0.507 e. The first kappa shape index (κ1) is 14.5. The Balaban J connectivity index is 2.10. The first-order chi connectivity index (χ1) is 9.97. The van der Waals surface area contributed by atoms with Crippen LogP contribution in [0.2, 0.25) is 0 Å². The molecule has 2 aromatic carbocycles. The molecule has 0 aliphatic heterocycles. The maximum atomic E-state index is 11.2. The molecule has 0 saturated heterocycles. The Morgan fingerprint density at radius 3 is 2.67 bits per heavy atom. The maximum Gasteiger partial charge on any atom is 0.269 e. The van der Waals surface area contributed by atoms with Gasteiger partial charge >= 0.3 is 0 Å². The fourth-order valence-electron chi connectivity index (χ4n) is 1.83. The van der Waals surface area contributed by atoms with Crippen molar-refractivity contribution in [1.29, 1.82) is 0 Å². The van der Waals surface area contributed by atoms with Crippen molar-refractivity contribution < 1.29 is 19.6 Å². The van der Waals surface area contributed by atoms with Crippen molar-refractivity contribution in [1.82, 2.24) is 0 Å². The van der Waals surface area contributed by atoms with E-state index in [4.69, 9.17) is 4.74 Å². The number of nitrogens with zero attached hydrogens (tertiary/aromatic N) is 1. The molecule has 2 aromatic rings. The highest BCUT2D eigenvalue weighted by molar-refractivity contribution is 5.96. The van der Waals surface area contributed by atoms with Crippen molar-refractivity contribution in [2.75, 3.05) is 0 Å². The summed E-state index contributed by atoms with van der Waals surface area (Å²) in [6.07, 6.45) is 0. The zero-order valence-corrected chi connectivity index (χ0v) is 11.3. The Kier molecular flexibility index (Phi) is 4.18. The summed E-state index contributed by atoms with van der Waals surface area (Å²) in [4.78, 5) is 21.4. The SMILES string of the molecule is CC(=O)c1ccc(OCc2cccc([N+](=O)[O-])c2)cc1O. The number of benzene rings is 2. The molecular formula is C15H13NO5. The Bertz CT molecular complexity index is 696. The lowest BCUT2D eigenvalue weighted by Crippen LogP contribution is -1.98. The lowest BCUT2D eigenvalue weighted by molar-refractivity contribution is -0.384. The highest BCUT2D eigenvalue weighted by atomic mass is 16.6. The second-order valence-electron chi connectivity index (χ2n) is 4.45. The van der Waals surface area contributed by atoms with Crippen LogP contribution < -0.4 is 4.74 Å². The molecule has 108 valence electrons. The Hall–Kier alpha value is -2.89. The van der Waals surface area contributed by atoms with Crippen LogP contribution in [0.3, 0.4) is 0 Å². The number of carbonyl (C=O) groups is 1. The van der Waals surface area contributed by atoms with Gasteiger partial charge in [-0.2, -0.15) is 0 Å². The van der Waals surface area contributed by atoms with Gasteiger partial charge in [0.2, 0.25) is 0 Å². The van der Waals surface area contributed by atoms with Crippen LogP contribution >= 0.6 is 0 Å². The second kappa shape index (κ2) is 6.04. The van der Waals surface area contributed by atoms with Crippen LogP contribution in [0.4, 0.5) is 5.69 Å². The summed E-state index contributed by atoms with van der Waals surface area (Å²) in [5, 5.41) is 20.4. The average Bonchev–Trinajstić information content (AvgIpc) is 2.45. The van der Waals surface area contributed by atoms with Crippen molar-refractivity contribution in [3.63, 3.8) is 0 Å². The topological polar surface area (TPSA) is 89.7 Å². The number of ketones is 1. The average molecular weight is 287 g/mol. The molecule has 2 rings (SSSR count). The Morgan fingerprint density at radius 2 is 2.05 bits per heavy atom. The molecule has 0 atom stereocenters. The van der Waals surface area contributed by atoms with E-state index in [-0.39, 0.29) is 29.4 Å². The number of non-ortho nitro benzene ring substituents is 1. The molecule has 0 bridgehead atoms. The predicted octanol–water partition coefficient (Wildman–Crippen LogP) is 3.08. The third-order valence-electron chi connectivity index (χ3n) is 2.88. The molecule has 0 aliphatic carbocycles. The molecule has 0 aliphatic rings. The summed E-state index contributed by atoms with van der Waals surface area (Å²) < 4.78 is 5.45. The summed E-state index contributed by atoms with van der Waals surface area (Å²) in [7, 11) is 0. The minimum atomic E-state index is -0.475. The lowest BCUT2D eigenvalue weighted by Gasteiger charge is -2.08. The van der Waals surface area contributed by atoms with Gasteiger partial charge in [0.15, 0.2) is 5.78 Å². The molecule has 0 spiro atoms. The molecule has 1 N–H and O–H groups in total. The minimum absolute atomic E-state index is 0.00845. The van der Waals surface area contributed by atoms with E-state index in [0.717, 1.165) is 0 Å². The summed E-state index contributed by atoms with van der Waals surface area (Å²) in [5.74, 6) is -0.0132. The number of hydrogen-bond acceptors (Lipinski definition) is 5. The molecular weight excluding hydrogens is 274 g/mol. The van der Waals surface area contributed by atoms with Gasteiger partial charge in [0.1, 0.15) is 18.1 Å². The number of carbonyl (C=O) groups excluding carboxylic acids is 1. The number of nitro groups is 1. The standard InChI is InChI=1S/C15H13NO5/c1-10(17)14-6-5-13(8-15(14)18)21-9-11-3-2-4-12(7-11)16(19)20/h2-8,18H,9H2,1H3. The third kappa shape index (κ3) is 3.56. The van der Waals surface area contributed by atoms with Crippen molar-refractivity contribution in [3.05, 3.63) is 63.7 Å². The van der Waals surface area contributed by atoms with E-state index < -0.39 is 4.92 Å². The van der Waals surface area contributed by atoms with E-state index in [1.807, 2.05) is 0 Å². The third-order valence-corrected chi connectivity index (χ3v) is 2.88.